The fraction of sp³-hybridized carbons (Fsp3) is 0.214. The monoisotopic (exact) mass is 213 g/mol. The molecule has 1 atom stereocenters. The van der Waals surface area contributed by atoms with Crippen molar-refractivity contribution in [3.8, 4) is 0 Å². The molecule has 16 heavy (non-hydrogen) atoms. The molecule has 82 valence electrons. The molecule has 0 amide bonds. The second kappa shape index (κ2) is 4.45. The van der Waals surface area contributed by atoms with Gasteiger partial charge in [0.05, 0.1) is 11.6 Å². The van der Waals surface area contributed by atoms with E-state index in [2.05, 4.69) is 11.6 Å². The van der Waals surface area contributed by atoms with Gasteiger partial charge in [0, 0.05) is 11.6 Å². The van der Waals surface area contributed by atoms with E-state index in [1.807, 2.05) is 37.3 Å². The van der Waals surface area contributed by atoms with Crippen molar-refractivity contribution >= 4 is 10.9 Å². The molecular weight excluding hydrogens is 198 g/mol. The van der Waals surface area contributed by atoms with Crippen LogP contribution in [0.3, 0.4) is 0 Å². The highest BCUT2D eigenvalue weighted by Gasteiger charge is 2.10. The van der Waals surface area contributed by atoms with E-state index in [0.717, 1.165) is 22.0 Å². The topological polar surface area (TPSA) is 33.1 Å². The zero-order valence-electron chi connectivity index (χ0n) is 9.35. The number of aliphatic hydroxyl groups is 1. The second-order valence-electron chi connectivity index (χ2n) is 4.09. The summed E-state index contributed by atoms with van der Waals surface area (Å²) in [5.41, 5.74) is 2.82. The van der Waals surface area contributed by atoms with Gasteiger partial charge in [0.1, 0.15) is 0 Å². The highest BCUT2D eigenvalue weighted by Crippen LogP contribution is 2.26. The molecule has 0 aliphatic carbocycles. The first-order chi connectivity index (χ1) is 7.68. The average Bonchev–Trinajstić information content (AvgIpc) is 2.27. The van der Waals surface area contributed by atoms with E-state index in [4.69, 9.17) is 0 Å². The molecule has 0 spiro atoms. The Morgan fingerprint density at radius 2 is 2.19 bits per heavy atom. The van der Waals surface area contributed by atoms with E-state index < -0.39 is 6.10 Å². The van der Waals surface area contributed by atoms with Gasteiger partial charge in [-0.15, -0.1) is 6.58 Å². The van der Waals surface area contributed by atoms with Crippen molar-refractivity contribution < 1.29 is 5.11 Å². The summed E-state index contributed by atoms with van der Waals surface area (Å²) in [6.45, 7) is 5.75. The summed E-state index contributed by atoms with van der Waals surface area (Å²) < 4.78 is 0. The predicted octanol–water partition coefficient (Wildman–Crippen LogP) is 3.23. The Morgan fingerprint density at radius 3 is 2.94 bits per heavy atom. The van der Waals surface area contributed by atoms with Gasteiger partial charge >= 0.3 is 0 Å². The number of rotatable bonds is 3. The molecule has 2 rings (SSSR count). The summed E-state index contributed by atoms with van der Waals surface area (Å²) >= 11 is 0. The van der Waals surface area contributed by atoms with Crippen molar-refractivity contribution in [2.24, 2.45) is 0 Å². The van der Waals surface area contributed by atoms with E-state index in [-0.39, 0.29) is 0 Å². The molecule has 2 nitrogen and oxygen atoms in total. The molecule has 1 aromatic heterocycles. The number of aliphatic hydroxyl groups excluding tert-OH is 1. The van der Waals surface area contributed by atoms with Crippen LogP contribution in [0, 0.1) is 0 Å². The molecule has 2 aromatic rings. The summed E-state index contributed by atoms with van der Waals surface area (Å²) in [4.78, 5) is 4.27. The Morgan fingerprint density at radius 1 is 1.38 bits per heavy atom. The lowest BCUT2D eigenvalue weighted by molar-refractivity contribution is 0.180. The van der Waals surface area contributed by atoms with Crippen molar-refractivity contribution in [1.82, 2.24) is 4.98 Å². The standard InChI is InChI=1S/C14H15NO/c1-10(2)9-14(16)12-5-3-7-13-11(12)6-4-8-15-13/h3-8,14,16H,1,9H2,2H3. The summed E-state index contributed by atoms with van der Waals surface area (Å²) in [6, 6.07) is 9.69. The Balaban J connectivity index is 2.47. The number of pyridine rings is 1. The normalized spacial score (nSPS) is 12.6. The van der Waals surface area contributed by atoms with E-state index in [1.54, 1.807) is 6.20 Å². The molecule has 1 unspecified atom stereocenters. The minimum absolute atomic E-state index is 0.495. The molecule has 0 aliphatic heterocycles. The third-order valence-corrected chi connectivity index (χ3v) is 2.58. The summed E-state index contributed by atoms with van der Waals surface area (Å²) in [7, 11) is 0. The highest BCUT2D eigenvalue weighted by molar-refractivity contribution is 5.82. The number of hydrogen-bond acceptors (Lipinski definition) is 2. The molecule has 1 aromatic carbocycles. The average molecular weight is 213 g/mol. The van der Waals surface area contributed by atoms with Crippen LogP contribution in [0.2, 0.25) is 0 Å². The zero-order valence-corrected chi connectivity index (χ0v) is 9.35. The summed E-state index contributed by atoms with van der Waals surface area (Å²) in [5.74, 6) is 0. The number of hydrogen-bond donors (Lipinski definition) is 1. The van der Waals surface area contributed by atoms with Crippen LogP contribution in [0.5, 0.6) is 0 Å². The first-order valence-corrected chi connectivity index (χ1v) is 5.34. The van der Waals surface area contributed by atoms with Crippen molar-refractivity contribution in [3.05, 3.63) is 54.2 Å². The first-order valence-electron chi connectivity index (χ1n) is 5.34. The van der Waals surface area contributed by atoms with Crippen LogP contribution in [0.1, 0.15) is 25.0 Å². The van der Waals surface area contributed by atoms with Crippen molar-refractivity contribution in [2.45, 2.75) is 19.4 Å². The Kier molecular flexibility index (Phi) is 3.02. The summed E-state index contributed by atoms with van der Waals surface area (Å²) in [6.07, 6.45) is 1.86. The van der Waals surface area contributed by atoms with Crippen LogP contribution in [-0.2, 0) is 0 Å². The molecule has 0 saturated carbocycles. The van der Waals surface area contributed by atoms with E-state index >= 15 is 0 Å². The molecule has 0 radical (unpaired) electrons. The minimum Gasteiger partial charge on any atom is -0.388 e. The molecule has 0 saturated heterocycles. The van der Waals surface area contributed by atoms with Crippen LogP contribution in [-0.4, -0.2) is 10.1 Å². The van der Waals surface area contributed by atoms with Crippen LogP contribution in [0.15, 0.2) is 48.7 Å². The van der Waals surface area contributed by atoms with E-state index in [9.17, 15) is 5.11 Å². The fourth-order valence-corrected chi connectivity index (χ4v) is 1.86. The third-order valence-electron chi connectivity index (χ3n) is 2.58. The molecule has 0 bridgehead atoms. The predicted molar refractivity (Wildman–Crippen MR) is 66.1 cm³/mol. The Bertz CT molecular complexity index is 514. The minimum atomic E-state index is -0.495. The second-order valence-corrected chi connectivity index (χ2v) is 4.09. The van der Waals surface area contributed by atoms with Gasteiger partial charge in [-0.2, -0.15) is 0 Å². The van der Waals surface area contributed by atoms with Gasteiger partial charge in [0.2, 0.25) is 0 Å². The first kappa shape index (κ1) is 10.8. The summed E-state index contributed by atoms with van der Waals surface area (Å²) in [5, 5.41) is 11.1. The smallest absolute Gasteiger partial charge is 0.0833 e. The maximum atomic E-state index is 10.1. The fourth-order valence-electron chi connectivity index (χ4n) is 1.86. The van der Waals surface area contributed by atoms with Gasteiger partial charge in [-0.05, 0) is 31.0 Å². The lowest BCUT2D eigenvalue weighted by atomic mass is 9.99. The van der Waals surface area contributed by atoms with Gasteiger partial charge in [-0.25, -0.2) is 0 Å². The van der Waals surface area contributed by atoms with Gasteiger partial charge in [0.25, 0.3) is 0 Å². The molecular formula is C14H15NO. The number of fused-ring (bicyclic) bond motifs is 1. The van der Waals surface area contributed by atoms with Crippen LogP contribution in [0.25, 0.3) is 10.9 Å². The lowest BCUT2D eigenvalue weighted by Gasteiger charge is -2.13. The lowest BCUT2D eigenvalue weighted by Crippen LogP contribution is -1.99. The molecule has 1 N–H and O–H groups in total. The van der Waals surface area contributed by atoms with Crippen molar-refractivity contribution in [3.63, 3.8) is 0 Å². The number of aromatic nitrogens is 1. The zero-order chi connectivity index (χ0) is 11.5. The molecule has 2 heteroatoms. The van der Waals surface area contributed by atoms with Gasteiger partial charge in [-0.1, -0.05) is 23.8 Å². The van der Waals surface area contributed by atoms with Crippen LogP contribution >= 0.6 is 0 Å². The van der Waals surface area contributed by atoms with Gasteiger partial charge in [0.15, 0.2) is 0 Å². The molecule has 1 heterocycles. The molecule has 0 fully saturated rings. The van der Waals surface area contributed by atoms with Gasteiger partial charge < -0.3 is 5.11 Å². The largest absolute Gasteiger partial charge is 0.388 e. The van der Waals surface area contributed by atoms with Crippen LogP contribution < -0.4 is 0 Å². The van der Waals surface area contributed by atoms with Crippen molar-refractivity contribution in [2.75, 3.05) is 0 Å². The quantitative estimate of drug-likeness (QED) is 0.794. The SMILES string of the molecule is C=C(C)CC(O)c1cccc2ncccc12. The molecule has 0 aliphatic rings. The Hall–Kier alpha value is -1.67. The Labute approximate surface area is 95.3 Å². The van der Waals surface area contributed by atoms with E-state index in [1.165, 1.54) is 0 Å². The van der Waals surface area contributed by atoms with Crippen LogP contribution in [0.4, 0.5) is 0 Å². The number of nitrogens with zero attached hydrogens (tertiary/aromatic N) is 1. The van der Waals surface area contributed by atoms with Gasteiger partial charge in [-0.3, -0.25) is 4.98 Å². The van der Waals surface area contributed by atoms with E-state index in [0.29, 0.717) is 6.42 Å². The maximum absolute atomic E-state index is 10.1. The maximum Gasteiger partial charge on any atom is 0.0833 e. The van der Waals surface area contributed by atoms with Crippen molar-refractivity contribution in [1.29, 1.82) is 0 Å². The number of benzene rings is 1. The highest BCUT2D eigenvalue weighted by atomic mass is 16.3. The third kappa shape index (κ3) is 2.12.